The van der Waals surface area contributed by atoms with Crippen LogP contribution in [-0.4, -0.2) is 29.5 Å². The van der Waals surface area contributed by atoms with E-state index in [1.165, 1.54) is 5.70 Å². The first kappa shape index (κ1) is 9.07. The lowest BCUT2D eigenvalue weighted by molar-refractivity contribution is 0.595. The Balaban J connectivity index is 2.46. The fraction of sp³-hybridized carbons (Fsp3) is 0.750. The van der Waals surface area contributed by atoms with Crippen molar-refractivity contribution in [3.8, 4) is 0 Å². The average molecular weight is 219 g/mol. The monoisotopic (exact) mass is 218 g/mol. The van der Waals surface area contributed by atoms with Crippen LogP contribution in [0.1, 0.15) is 13.8 Å². The fourth-order valence-corrected chi connectivity index (χ4v) is 2.01. The van der Waals surface area contributed by atoms with Gasteiger partial charge in [-0.05, 0) is 20.9 Å². The Hall–Kier alpha value is -0.0200. The van der Waals surface area contributed by atoms with Crippen LogP contribution in [0.25, 0.3) is 0 Å². The maximum atomic E-state index is 3.58. The van der Waals surface area contributed by atoms with Gasteiger partial charge in [0.2, 0.25) is 0 Å². The summed E-state index contributed by atoms with van der Waals surface area (Å²) in [6.45, 7) is 5.26. The molecular formula is C8H15BrN2. The molecule has 1 aliphatic rings. The summed E-state index contributed by atoms with van der Waals surface area (Å²) >= 11 is 3.58. The number of nitrogens with zero attached hydrogens (tertiary/aromatic N) is 1. The zero-order valence-corrected chi connectivity index (χ0v) is 8.85. The van der Waals surface area contributed by atoms with Gasteiger partial charge in [0.1, 0.15) is 4.95 Å². The number of hydrogen-bond donors (Lipinski definition) is 1. The lowest BCUT2D eigenvalue weighted by atomic mass is 10.4. The first-order valence-corrected chi connectivity index (χ1v) is 4.86. The number of likely N-dealkylation sites (N-methyl/N-ethyl adjacent to an activating group) is 1. The van der Waals surface area contributed by atoms with Crippen molar-refractivity contribution in [3.63, 3.8) is 0 Å². The number of allylic oxidation sites excluding steroid dienone is 1. The second-order valence-corrected chi connectivity index (χ2v) is 3.77. The van der Waals surface area contributed by atoms with E-state index in [-0.39, 0.29) is 0 Å². The molecule has 0 aromatic rings. The topological polar surface area (TPSA) is 15.0 Å². The first-order valence-electron chi connectivity index (χ1n) is 3.94. The number of nitrogens with one attached hydrogen (secondary N) is 1. The van der Waals surface area contributed by atoms with Crippen LogP contribution in [0.2, 0.25) is 0 Å². The molecule has 0 aliphatic carbocycles. The molecule has 0 bridgehead atoms. The minimum Gasteiger partial charge on any atom is -0.354 e. The normalized spacial score (nSPS) is 30.9. The van der Waals surface area contributed by atoms with Gasteiger partial charge in [0.25, 0.3) is 0 Å². The van der Waals surface area contributed by atoms with Gasteiger partial charge in [-0.2, -0.15) is 0 Å². The molecule has 1 aliphatic heterocycles. The summed E-state index contributed by atoms with van der Waals surface area (Å²) in [6, 6.07) is 0.662. The van der Waals surface area contributed by atoms with Crippen molar-refractivity contribution in [3.05, 3.63) is 11.8 Å². The van der Waals surface area contributed by atoms with E-state index in [1.807, 2.05) is 7.05 Å². The van der Waals surface area contributed by atoms with Crippen molar-refractivity contribution >= 4 is 15.9 Å². The molecule has 0 amide bonds. The number of hydrogen-bond acceptors (Lipinski definition) is 2. The predicted molar refractivity (Wildman–Crippen MR) is 51.7 cm³/mol. The molecule has 0 aromatic heterocycles. The molecule has 64 valence electrons. The molecule has 2 atom stereocenters. The molecule has 0 spiro atoms. The largest absolute Gasteiger partial charge is 0.354 e. The third-order valence-corrected chi connectivity index (χ3v) is 3.24. The standard InChI is InChI=1S/C8H15BrN2/c1-4-7(5-10-3)11-6(2)8(11)9/h4,6,8,10H,5H2,1-3H3/b7-4-. The Bertz CT molecular complexity index is 159. The van der Waals surface area contributed by atoms with Gasteiger partial charge in [-0.15, -0.1) is 0 Å². The summed E-state index contributed by atoms with van der Waals surface area (Å²) in [6.07, 6.45) is 2.16. The summed E-state index contributed by atoms with van der Waals surface area (Å²) in [4.78, 5) is 2.92. The number of rotatable bonds is 3. The molecule has 11 heavy (non-hydrogen) atoms. The van der Waals surface area contributed by atoms with Crippen LogP contribution in [0.4, 0.5) is 0 Å². The van der Waals surface area contributed by atoms with Gasteiger partial charge in [-0.1, -0.05) is 22.0 Å². The zero-order valence-electron chi connectivity index (χ0n) is 7.26. The molecule has 1 N–H and O–H groups in total. The molecule has 3 heteroatoms. The molecular weight excluding hydrogens is 204 g/mol. The lowest BCUT2D eigenvalue weighted by Gasteiger charge is -2.08. The van der Waals surface area contributed by atoms with E-state index in [0.717, 1.165) is 6.54 Å². The second-order valence-electron chi connectivity index (χ2n) is 2.83. The van der Waals surface area contributed by atoms with Crippen molar-refractivity contribution in [1.29, 1.82) is 0 Å². The number of alkyl halides is 1. The van der Waals surface area contributed by atoms with Crippen molar-refractivity contribution in [2.24, 2.45) is 0 Å². The maximum absolute atomic E-state index is 3.58. The van der Waals surface area contributed by atoms with Crippen molar-refractivity contribution in [2.45, 2.75) is 24.8 Å². The van der Waals surface area contributed by atoms with Crippen molar-refractivity contribution in [2.75, 3.05) is 13.6 Å². The Labute approximate surface area is 76.8 Å². The third-order valence-electron chi connectivity index (χ3n) is 2.04. The number of halogens is 1. The Kier molecular flexibility index (Phi) is 2.96. The minimum absolute atomic E-state index is 0.557. The quantitative estimate of drug-likeness (QED) is 0.440. The second kappa shape index (κ2) is 3.59. The molecule has 0 radical (unpaired) electrons. The minimum atomic E-state index is 0.557. The molecule has 1 heterocycles. The van der Waals surface area contributed by atoms with Gasteiger partial charge in [-0.3, -0.25) is 0 Å². The van der Waals surface area contributed by atoms with Crippen LogP contribution in [-0.2, 0) is 0 Å². The van der Waals surface area contributed by atoms with Gasteiger partial charge < -0.3 is 10.2 Å². The van der Waals surface area contributed by atoms with Crippen molar-refractivity contribution in [1.82, 2.24) is 10.2 Å². The fourth-order valence-electron chi connectivity index (χ4n) is 1.25. The maximum Gasteiger partial charge on any atom is 0.105 e. The molecule has 1 rings (SSSR count). The van der Waals surface area contributed by atoms with E-state index < -0.39 is 0 Å². The summed E-state index contributed by atoms with van der Waals surface area (Å²) in [5.41, 5.74) is 1.38. The Morgan fingerprint density at radius 1 is 1.73 bits per heavy atom. The molecule has 0 saturated carbocycles. The highest BCUT2D eigenvalue weighted by Crippen LogP contribution is 2.36. The van der Waals surface area contributed by atoms with Crippen LogP contribution in [0.3, 0.4) is 0 Å². The van der Waals surface area contributed by atoms with E-state index in [9.17, 15) is 0 Å². The van der Waals surface area contributed by atoms with Crippen LogP contribution >= 0.6 is 15.9 Å². The van der Waals surface area contributed by atoms with Crippen molar-refractivity contribution < 1.29 is 0 Å². The van der Waals surface area contributed by atoms with E-state index in [0.29, 0.717) is 11.0 Å². The van der Waals surface area contributed by atoms with E-state index in [4.69, 9.17) is 0 Å². The zero-order chi connectivity index (χ0) is 8.43. The third kappa shape index (κ3) is 1.76. The molecule has 0 aromatic carbocycles. The SMILES string of the molecule is C/C=C(/CNC)N1C(C)C1Br. The van der Waals surface area contributed by atoms with Crippen LogP contribution in [0.15, 0.2) is 11.8 Å². The van der Waals surface area contributed by atoms with Gasteiger partial charge >= 0.3 is 0 Å². The average Bonchev–Trinajstić information content (AvgIpc) is 2.56. The first-order chi connectivity index (χ1) is 5.22. The van der Waals surface area contributed by atoms with Gasteiger partial charge in [0.05, 0.1) is 6.04 Å². The molecule has 1 fully saturated rings. The van der Waals surface area contributed by atoms with Gasteiger partial charge in [-0.25, -0.2) is 0 Å². The highest BCUT2D eigenvalue weighted by atomic mass is 79.9. The van der Waals surface area contributed by atoms with E-state index >= 15 is 0 Å². The van der Waals surface area contributed by atoms with E-state index in [1.54, 1.807) is 0 Å². The highest BCUT2D eigenvalue weighted by Gasteiger charge is 2.42. The summed E-state index contributed by atoms with van der Waals surface area (Å²) in [5, 5.41) is 3.15. The summed E-state index contributed by atoms with van der Waals surface area (Å²) in [7, 11) is 1.97. The molecule has 1 saturated heterocycles. The van der Waals surface area contributed by atoms with E-state index in [2.05, 4.69) is 46.1 Å². The summed E-state index contributed by atoms with van der Waals surface area (Å²) in [5.74, 6) is 0. The van der Waals surface area contributed by atoms with Crippen LogP contribution in [0.5, 0.6) is 0 Å². The van der Waals surface area contributed by atoms with Crippen LogP contribution < -0.4 is 5.32 Å². The van der Waals surface area contributed by atoms with Gasteiger partial charge in [0, 0.05) is 12.2 Å². The van der Waals surface area contributed by atoms with Crippen LogP contribution in [0, 0.1) is 0 Å². The Morgan fingerprint density at radius 3 is 2.55 bits per heavy atom. The summed E-state index contributed by atoms with van der Waals surface area (Å²) < 4.78 is 0. The Morgan fingerprint density at radius 2 is 2.27 bits per heavy atom. The predicted octanol–water partition coefficient (Wildman–Crippen LogP) is 1.53. The smallest absolute Gasteiger partial charge is 0.105 e. The highest BCUT2D eigenvalue weighted by molar-refractivity contribution is 9.09. The van der Waals surface area contributed by atoms with Gasteiger partial charge in [0.15, 0.2) is 0 Å². The molecule has 2 nitrogen and oxygen atoms in total. The lowest BCUT2D eigenvalue weighted by Crippen LogP contribution is -2.16. The molecule has 2 unspecified atom stereocenters.